The van der Waals surface area contributed by atoms with Gasteiger partial charge in [-0.3, -0.25) is 14.4 Å². The molecule has 20 heavy (non-hydrogen) atoms. The summed E-state index contributed by atoms with van der Waals surface area (Å²) >= 11 is 0. The van der Waals surface area contributed by atoms with Gasteiger partial charge in [-0.25, -0.2) is 0 Å². The molecule has 0 aliphatic rings. The molecule has 0 aromatic rings. The van der Waals surface area contributed by atoms with Gasteiger partial charge >= 0.3 is 17.9 Å². The van der Waals surface area contributed by atoms with E-state index < -0.39 is 23.8 Å². The summed E-state index contributed by atoms with van der Waals surface area (Å²) in [6, 6.07) is 0. The SMILES string of the molecule is CCOC(=O)C(CCC=CCCC(=O)O)C(=O)OCC. The third-order valence-electron chi connectivity index (χ3n) is 2.46. The van der Waals surface area contributed by atoms with Gasteiger partial charge in [0.2, 0.25) is 0 Å². The van der Waals surface area contributed by atoms with Crippen LogP contribution in [0.25, 0.3) is 0 Å². The molecule has 0 amide bonds. The van der Waals surface area contributed by atoms with Crippen LogP contribution in [0.5, 0.6) is 0 Å². The monoisotopic (exact) mass is 286 g/mol. The number of ether oxygens (including phenoxy) is 2. The second kappa shape index (κ2) is 11.0. The van der Waals surface area contributed by atoms with Gasteiger partial charge in [0.25, 0.3) is 0 Å². The molecule has 0 aliphatic heterocycles. The number of rotatable bonds is 10. The first-order valence-corrected chi connectivity index (χ1v) is 6.72. The highest BCUT2D eigenvalue weighted by Crippen LogP contribution is 2.12. The summed E-state index contributed by atoms with van der Waals surface area (Å²) in [5.74, 6) is -2.93. The summed E-state index contributed by atoms with van der Waals surface area (Å²) in [7, 11) is 0. The topological polar surface area (TPSA) is 89.9 Å². The lowest BCUT2D eigenvalue weighted by Gasteiger charge is -2.13. The maximum atomic E-state index is 11.6. The zero-order valence-electron chi connectivity index (χ0n) is 12.0. The van der Waals surface area contributed by atoms with E-state index >= 15 is 0 Å². The van der Waals surface area contributed by atoms with E-state index in [4.69, 9.17) is 14.6 Å². The highest BCUT2D eigenvalue weighted by atomic mass is 16.6. The van der Waals surface area contributed by atoms with E-state index in [1.807, 2.05) is 0 Å². The minimum absolute atomic E-state index is 0.0652. The summed E-state index contributed by atoms with van der Waals surface area (Å²) in [5, 5.41) is 8.47. The van der Waals surface area contributed by atoms with Crippen LogP contribution in [0.4, 0.5) is 0 Å². The predicted octanol–water partition coefficient (Wildman–Crippen LogP) is 1.93. The first kappa shape index (κ1) is 18.1. The number of aliphatic carboxylic acids is 1. The Bertz CT molecular complexity index is 330. The predicted molar refractivity (Wildman–Crippen MR) is 72.0 cm³/mol. The molecule has 0 saturated heterocycles. The van der Waals surface area contributed by atoms with Crippen LogP contribution in [-0.2, 0) is 23.9 Å². The van der Waals surface area contributed by atoms with Crippen molar-refractivity contribution in [3.8, 4) is 0 Å². The van der Waals surface area contributed by atoms with E-state index in [1.165, 1.54) is 0 Å². The van der Waals surface area contributed by atoms with Gasteiger partial charge in [-0.15, -0.1) is 0 Å². The van der Waals surface area contributed by atoms with Crippen molar-refractivity contribution in [2.45, 2.75) is 39.5 Å². The van der Waals surface area contributed by atoms with Gasteiger partial charge < -0.3 is 14.6 Å². The Balaban J connectivity index is 4.25. The molecule has 0 aromatic carbocycles. The molecular formula is C14H22O6. The Hall–Kier alpha value is -1.85. The van der Waals surface area contributed by atoms with Gasteiger partial charge in [0.15, 0.2) is 5.92 Å². The fourth-order valence-corrected chi connectivity index (χ4v) is 1.52. The van der Waals surface area contributed by atoms with Crippen LogP contribution >= 0.6 is 0 Å². The van der Waals surface area contributed by atoms with Crippen LogP contribution in [0.2, 0.25) is 0 Å². The first-order chi connectivity index (χ1) is 9.52. The summed E-state index contributed by atoms with van der Waals surface area (Å²) < 4.78 is 9.68. The van der Waals surface area contributed by atoms with Gasteiger partial charge in [-0.2, -0.15) is 0 Å². The number of hydrogen-bond donors (Lipinski definition) is 1. The van der Waals surface area contributed by atoms with E-state index in [0.29, 0.717) is 19.3 Å². The highest BCUT2D eigenvalue weighted by molar-refractivity contribution is 5.94. The van der Waals surface area contributed by atoms with Gasteiger partial charge in [-0.05, 0) is 33.1 Å². The minimum atomic E-state index is -0.918. The Morgan fingerprint density at radius 1 is 1.00 bits per heavy atom. The van der Waals surface area contributed by atoms with E-state index in [2.05, 4.69) is 0 Å². The summed E-state index contributed by atoms with van der Waals surface area (Å²) in [5.41, 5.74) is 0. The number of carboxylic acids is 1. The largest absolute Gasteiger partial charge is 0.481 e. The van der Waals surface area contributed by atoms with Crippen LogP contribution in [0, 0.1) is 5.92 Å². The smallest absolute Gasteiger partial charge is 0.320 e. The molecule has 0 spiro atoms. The number of carbonyl (C=O) groups excluding carboxylic acids is 2. The van der Waals surface area contributed by atoms with Crippen molar-refractivity contribution in [1.82, 2.24) is 0 Å². The summed E-state index contributed by atoms with van der Waals surface area (Å²) in [6.07, 6.45) is 4.76. The van der Waals surface area contributed by atoms with Crippen LogP contribution < -0.4 is 0 Å². The molecule has 0 aromatic heterocycles. The lowest BCUT2D eigenvalue weighted by Crippen LogP contribution is -2.28. The molecule has 0 unspecified atom stereocenters. The lowest BCUT2D eigenvalue weighted by atomic mass is 10.0. The fourth-order valence-electron chi connectivity index (χ4n) is 1.52. The van der Waals surface area contributed by atoms with Crippen molar-refractivity contribution in [1.29, 1.82) is 0 Å². The third-order valence-corrected chi connectivity index (χ3v) is 2.46. The van der Waals surface area contributed by atoms with Crippen LogP contribution in [-0.4, -0.2) is 36.2 Å². The molecule has 0 rings (SSSR count). The molecule has 0 heterocycles. The Labute approximate surface area is 118 Å². The second-order valence-corrected chi connectivity index (χ2v) is 4.04. The number of esters is 2. The molecule has 0 saturated carbocycles. The quantitative estimate of drug-likeness (QED) is 0.375. The average Bonchev–Trinajstić information content (AvgIpc) is 2.37. The molecule has 0 radical (unpaired) electrons. The molecule has 0 atom stereocenters. The standard InChI is InChI=1S/C14H22O6/c1-3-19-13(17)11(14(18)20-4-2)9-7-5-6-8-10-12(15)16/h5-6,11H,3-4,7-10H2,1-2H3,(H,15,16). The van der Waals surface area contributed by atoms with Gasteiger partial charge in [0, 0.05) is 6.42 Å². The maximum Gasteiger partial charge on any atom is 0.320 e. The molecular weight excluding hydrogens is 264 g/mol. The van der Waals surface area contributed by atoms with E-state index in [0.717, 1.165) is 0 Å². The zero-order chi connectivity index (χ0) is 15.4. The molecule has 6 nitrogen and oxygen atoms in total. The lowest BCUT2D eigenvalue weighted by molar-refractivity contribution is -0.161. The fraction of sp³-hybridized carbons (Fsp3) is 0.643. The normalized spacial score (nSPS) is 10.8. The Morgan fingerprint density at radius 3 is 1.95 bits per heavy atom. The Morgan fingerprint density at radius 2 is 1.50 bits per heavy atom. The molecule has 1 N–H and O–H groups in total. The molecule has 0 fully saturated rings. The van der Waals surface area contributed by atoms with E-state index in [1.54, 1.807) is 26.0 Å². The van der Waals surface area contributed by atoms with Gasteiger partial charge in [0.05, 0.1) is 13.2 Å². The average molecular weight is 286 g/mol. The zero-order valence-corrected chi connectivity index (χ0v) is 12.0. The maximum absolute atomic E-state index is 11.6. The van der Waals surface area contributed by atoms with E-state index in [9.17, 15) is 14.4 Å². The molecule has 0 bridgehead atoms. The third kappa shape index (κ3) is 8.29. The van der Waals surface area contributed by atoms with Crippen molar-refractivity contribution in [2.24, 2.45) is 5.92 Å². The number of hydrogen-bond acceptors (Lipinski definition) is 5. The van der Waals surface area contributed by atoms with Crippen molar-refractivity contribution >= 4 is 17.9 Å². The van der Waals surface area contributed by atoms with Gasteiger partial charge in [-0.1, -0.05) is 12.2 Å². The van der Waals surface area contributed by atoms with E-state index in [-0.39, 0.29) is 19.6 Å². The Kier molecular flexibility index (Phi) is 10.00. The first-order valence-electron chi connectivity index (χ1n) is 6.72. The van der Waals surface area contributed by atoms with Crippen LogP contribution in [0.3, 0.4) is 0 Å². The number of carbonyl (C=O) groups is 3. The molecule has 0 aliphatic carbocycles. The van der Waals surface area contributed by atoms with Crippen molar-refractivity contribution < 1.29 is 29.0 Å². The number of carboxylic acid groups (broad SMARTS) is 1. The van der Waals surface area contributed by atoms with Crippen molar-refractivity contribution in [3.05, 3.63) is 12.2 Å². The van der Waals surface area contributed by atoms with Crippen molar-refractivity contribution in [3.63, 3.8) is 0 Å². The van der Waals surface area contributed by atoms with Gasteiger partial charge in [0.1, 0.15) is 0 Å². The highest BCUT2D eigenvalue weighted by Gasteiger charge is 2.28. The minimum Gasteiger partial charge on any atom is -0.481 e. The summed E-state index contributed by atoms with van der Waals surface area (Å²) in [4.78, 5) is 33.6. The van der Waals surface area contributed by atoms with Crippen LogP contribution in [0.1, 0.15) is 39.5 Å². The van der Waals surface area contributed by atoms with Crippen LogP contribution in [0.15, 0.2) is 12.2 Å². The number of allylic oxidation sites excluding steroid dienone is 2. The van der Waals surface area contributed by atoms with Crippen molar-refractivity contribution in [2.75, 3.05) is 13.2 Å². The second-order valence-electron chi connectivity index (χ2n) is 4.04. The molecule has 114 valence electrons. The summed E-state index contributed by atoms with van der Waals surface area (Å²) in [6.45, 7) is 3.77. The molecule has 6 heteroatoms.